The van der Waals surface area contributed by atoms with Gasteiger partial charge in [-0.2, -0.15) is 0 Å². The van der Waals surface area contributed by atoms with Crippen LogP contribution in [0.25, 0.3) is 0 Å². The van der Waals surface area contributed by atoms with E-state index in [2.05, 4.69) is 20.8 Å². The fourth-order valence-corrected chi connectivity index (χ4v) is 0.970. The lowest BCUT2D eigenvalue weighted by molar-refractivity contribution is 0.198. The Bertz CT molecular complexity index is 237. The van der Waals surface area contributed by atoms with Crippen molar-refractivity contribution in [2.75, 3.05) is 20.3 Å². The molecule has 0 aliphatic carbocycles. The molecule has 0 bridgehead atoms. The zero-order valence-electron chi connectivity index (χ0n) is 8.03. The van der Waals surface area contributed by atoms with E-state index in [1.807, 2.05) is 6.92 Å². The van der Waals surface area contributed by atoms with Crippen molar-refractivity contribution in [3.05, 3.63) is 5.82 Å². The molecule has 1 rings (SSSR count). The Kier molecular flexibility index (Phi) is 4.34. The maximum absolute atomic E-state index is 4.90. The summed E-state index contributed by atoms with van der Waals surface area (Å²) in [6.45, 7) is 5.01. The largest absolute Gasteiger partial charge is 0.383 e. The number of aryl methyl sites for hydroxylation is 1. The number of tetrazole rings is 1. The summed E-state index contributed by atoms with van der Waals surface area (Å²) in [7, 11) is 1.68. The van der Waals surface area contributed by atoms with Crippen molar-refractivity contribution in [3.8, 4) is 0 Å². The monoisotopic (exact) mass is 185 g/mol. The molecular formula is C7H15N5O. The average molecular weight is 185 g/mol. The molecule has 6 nitrogen and oxygen atoms in total. The van der Waals surface area contributed by atoms with Crippen LogP contribution in [0.1, 0.15) is 12.7 Å². The minimum absolute atomic E-state index is 0.685. The quantitative estimate of drug-likeness (QED) is 0.601. The van der Waals surface area contributed by atoms with Crippen molar-refractivity contribution in [3.63, 3.8) is 0 Å². The molecule has 1 aromatic rings. The van der Waals surface area contributed by atoms with Gasteiger partial charge in [0.15, 0.2) is 5.82 Å². The minimum Gasteiger partial charge on any atom is -0.383 e. The van der Waals surface area contributed by atoms with Crippen LogP contribution in [0.4, 0.5) is 0 Å². The van der Waals surface area contributed by atoms with Crippen LogP contribution < -0.4 is 5.32 Å². The highest BCUT2D eigenvalue weighted by molar-refractivity contribution is 4.78. The third-order valence-electron chi connectivity index (χ3n) is 1.67. The lowest BCUT2D eigenvalue weighted by Crippen LogP contribution is -2.21. The van der Waals surface area contributed by atoms with Gasteiger partial charge in [-0.3, -0.25) is 0 Å². The van der Waals surface area contributed by atoms with Gasteiger partial charge in [-0.25, -0.2) is 4.68 Å². The number of nitrogens with one attached hydrogen (secondary N) is 1. The third-order valence-corrected chi connectivity index (χ3v) is 1.67. The average Bonchev–Trinajstić information content (AvgIpc) is 2.60. The van der Waals surface area contributed by atoms with Gasteiger partial charge in [-0.1, -0.05) is 0 Å². The van der Waals surface area contributed by atoms with Crippen LogP contribution in [-0.2, 0) is 17.8 Å². The SMILES string of the molecule is CCn1nnnc1CNCCOC. The maximum Gasteiger partial charge on any atom is 0.165 e. The van der Waals surface area contributed by atoms with Crippen molar-refractivity contribution < 1.29 is 4.74 Å². The first kappa shape index (κ1) is 10.1. The van der Waals surface area contributed by atoms with Crippen molar-refractivity contribution in [1.82, 2.24) is 25.5 Å². The van der Waals surface area contributed by atoms with Gasteiger partial charge in [0.1, 0.15) is 0 Å². The lowest BCUT2D eigenvalue weighted by Gasteiger charge is -2.02. The van der Waals surface area contributed by atoms with E-state index in [1.54, 1.807) is 11.8 Å². The van der Waals surface area contributed by atoms with Crippen LogP contribution in [0.2, 0.25) is 0 Å². The fourth-order valence-electron chi connectivity index (χ4n) is 0.970. The lowest BCUT2D eigenvalue weighted by atomic mass is 10.5. The summed E-state index contributed by atoms with van der Waals surface area (Å²) in [5.41, 5.74) is 0. The maximum atomic E-state index is 4.90. The summed E-state index contributed by atoms with van der Waals surface area (Å²) in [6.07, 6.45) is 0. The van der Waals surface area contributed by atoms with Crippen molar-refractivity contribution in [1.29, 1.82) is 0 Å². The van der Waals surface area contributed by atoms with Gasteiger partial charge in [0.05, 0.1) is 13.2 Å². The number of hydrogen-bond acceptors (Lipinski definition) is 5. The molecule has 0 unspecified atom stereocenters. The molecule has 13 heavy (non-hydrogen) atoms. The molecule has 1 N–H and O–H groups in total. The normalized spacial score (nSPS) is 10.6. The van der Waals surface area contributed by atoms with E-state index in [1.165, 1.54) is 0 Å². The summed E-state index contributed by atoms with van der Waals surface area (Å²) in [5, 5.41) is 14.5. The predicted molar refractivity (Wildman–Crippen MR) is 47.1 cm³/mol. The zero-order valence-corrected chi connectivity index (χ0v) is 8.03. The number of rotatable bonds is 6. The van der Waals surface area contributed by atoms with E-state index in [4.69, 9.17) is 4.74 Å². The van der Waals surface area contributed by atoms with E-state index in [-0.39, 0.29) is 0 Å². The second-order valence-electron chi connectivity index (χ2n) is 2.58. The fraction of sp³-hybridized carbons (Fsp3) is 0.857. The first-order chi connectivity index (χ1) is 6.38. The summed E-state index contributed by atoms with van der Waals surface area (Å²) in [6, 6.07) is 0. The summed E-state index contributed by atoms with van der Waals surface area (Å²) in [4.78, 5) is 0. The smallest absolute Gasteiger partial charge is 0.165 e. The Labute approximate surface area is 77.3 Å². The molecule has 0 spiro atoms. The first-order valence-corrected chi connectivity index (χ1v) is 4.33. The minimum atomic E-state index is 0.685. The second-order valence-corrected chi connectivity index (χ2v) is 2.58. The van der Waals surface area contributed by atoms with E-state index in [9.17, 15) is 0 Å². The van der Waals surface area contributed by atoms with Gasteiger partial charge in [0, 0.05) is 20.2 Å². The molecule has 6 heteroatoms. The van der Waals surface area contributed by atoms with E-state index >= 15 is 0 Å². The van der Waals surface area contributed by atoms with Crippen molar-refractivity contribution in [2.24, 2.45) is 0 Å². The van der Waals surface area contributed by atoms with Crippen molar-refractivity contribution >= 4 is 0 Å². The Morgan fingerprint density at radius 2 is 2.38 bits per heavy atom. The Morgan fingerprint density at radius 1 is 1.54 bits per heavy atom. The zero-order chi connectivity index (χ0) is 9.52. The van der Waals surface area contributed by atoms with Gasteiger partial charge in [-0.05, 0) is 17.4 Å². The van der Waals surface area contributed by atoms with Gasteiger partial charge in [0.2, 0.25) is 0 Å². The molecular weight excluding hydrogens is 170 g/mol. The van der Waals surface area contributed by atoms with Crippen LogP contribution >= 0.6 is 0 Å². The molecule has 1 heterocycles. The molecule has 0 aliphatic heterocycles. The standard InChI is InChI=1S/C7H15N5O/c1-3-12-7(9-10-11-12)6-8-4-5-13-2/h8H,3-6H2,1-2H3. The molecule has 0 saturated carbocycles. The van der Waals surface area contributed by atoms with Crippen molar-refractivity contribution in [2.45, 2.75) is 20.0 Å². The summed E-state index contributed by atoms with van der Waals surface area (Å²) < 4.78 is 6.66. The van der Waals surface area contributed by atoms with Gasteiger partial charge in [-0.15, -0.1) is 5.10 Å². The Balaban J connectivity index is 2.27. The van der Waals surface area contributed by atoms with Crippen LogP contribution in [0.5, 0.6) is 0 Å². The summed E-state index contributed by atoms with van der Waals surface area (Å²) >= 11 is 0. The van der Waals surface area contributed by atoms with E-state index in [0.717, 1.165) is 18.9 Å². The number of nitrogens with zero attached hydrogens (tertiary/aromatic N) is 4. The van der Waals surface area contributed by atoms with Gasteiger partial charge >= 0.3 is 0 Å². The highest BCUT2D eigenvalue weighted by atomic mass is 16.5. The second kappa shape index (κ2) is 5.60. The highest BCUT2D eigenvalue weighted by Crippen LogP contribution is 1.89. The van der Waals surface area contributed by atoms with E-state index in [0.29, 0.717) is 13.2 Å². The molecule has 0 fully saturated rings. The molecule has 0 atom stereocenters. The predicted octanol–water partition coefficient (Wildman–Crippen LogP) is -0.571. The third kappa shape index (κ3) is 3.08. The molecule has 74 valence electrons. The molecule has 0 aliphatic rings. The van der Waals surface area contributed by atoms with Gasteiger partial charge in [0.25, 0.3) is 0 Å². The molecule has 0 radical (unpaired) electrons. The Hall–Kier alpha value is -1.01. The number of hydrogen-bond donors (Lipinski definition) is 1. The van der Waals surface area contributed by atoms with Crippen LogP contribution in [0, 0.1) is 0 Å². The topological polar surface area (TPSA) is 64.9 Å². The number of ether oxygens (including phenoxy) is 1. The summed E-state index contributed by atoms with van der Waals surface area (Å²) in [5.74, 6) is 0.860. The van der Waals surface area contributed by atoms with E-state index < -0.39 is 0 Å². The first-order valence-electron chi connectivity index (χ1n) is 4.33. The van der Waals surface area contributed by atoms with Crippen LogP contribution in [-0.4, -0.2) is 40.5 Å². The van der Waals surface area contributed by atoms with Gasteiger partial charge < -0.3 is 10.1 Å². The number of aromatic nitrogens is 4. The Morgan fingerprint density at radius 3 is 3.08 bits per heavy atom. The molecule has 1 aromatic heterocycles. The van der Waals surface area contributed by atoms with Crippen LogP contribution in [0.3, 0.4) is 0 Å². The highest BCUT2D eigenvalue weighted by Gasteiger charge is 2.01. The molecule has 0 saturated heterocycles. The molecule has 0 amide bonds. The number of methoxy groups -OCH3 is 1. The molecule has 0 aromatic carbocycles. The van der Waals surface area contributed by atoms with Crippen LogP contribution in [0.15, 0.2) is 0 Å².